The van der Waals surface area contributed by atoms with Gasteiger partial charge >= 0.3 is 12.1 Å². The molecule has 0 saturated carbocycles. The Kier molecular flexibility index (Phi) is 7.11. The number of aromatic hydroxyl groups is 1. The van der Waals surface area contributed by atoms with E-state index in [-0.39, 0.29) is 46.0 Å². The standard InChI is InChI=1S/C22H18BrF3N2O5/c1-3-32-17-11-12(10-16(23)18(17)29)9-15-19(22(24,25)26)27-28(20(15)30)14-7-5-13(6-8-14)21(31)33-4-2/h5-11,29H,3-4H2,1-2H3. The van der Waals surface area contributed by atoms with Gasteiger partial charge in [-0.25, -0.2) is 4.79 Å². The first-order chi connectivity index (χ1) is 15.6. The number of alkyl halides is 3. The van der Waals surface area contributed by atoms with Crippen LogP contribution in [0.4, 0.5) is 18.9 Å². The molecular formula is C22H18BrF3N2O5. The molecule has 1 amide bonds. The summed E-state index contributed by atoms with van der Waals surface area (Å²) in [6.07, 6.45) is -3.88. The zero-order valence-corrected chi connectivity index (χ0v) is 19.0. The number of benzene rings is 2. The summed E-state index contributed by atoms with van der Waals surface area (Å²) in [5, 5.41) is 14.1. The van der Waals surface area contributed by atoms with Crippen LogP contribution in [0.15, 0.2) is 51.5 Å². The first-order valence-electron chi connectivity index (χ1n) is 9.71. The van der Waals surface area contributed by atoms with Gasteiger partial charge in [0.1, 0.15) is 0 Å². The lowest BCUT2D eigenvalue weighted by molar-refractivity contribution is -0.114. The third-order valence-corrected chi connectivity index (χ3v) is 5.04. The van der Waals surface area contributed by atoms with E-state index in [9.17, 15) is 27.9 Å². The van der Waals surface area contributed by atoms with Crippen LogP contribution in [0.25, 0.3) is 6.08 Å². The highest BCUT2D eigenvalue weighted by molar-refractivity contribution is 9.10. The Morgan fingerprint density at radius 3 is 2.42 bits per heavy atom. The van der Waals surface area contributed by atoms with Crippen molar-refractivity contribution in [3.05, 3.63) is 57.6 Å². The van der Waals surface area contributed by atoms with Gasteiger partial charge in [-0.15, -0.1) is 0 Å². The van der Waals surface area contributed by atoms with Crippen molar-refractivity contribution in [1.82, 2.24) is 0 Å². The van der Waals surface area contributed by atoms with E-state index in [4.69, 9.17) is 9.47 Å². The summed E-state index contributed by atoms with van der Waals surface area (Å²) in [7, 11) is 0. The van der Waals surface area contributed by atoms with Crippen molar-refractivity contribution in [2.45, 2.75) is 20.0 Å². The second-order valence-electron chi connectivity index (χ2n) is 6.67. The minimum atomic E-state index is -4.90. The fourth-order valence-electron chi connectivity index (χ4n) is 2.99. The van der Waals surface area contributed by atoms with Crippen molar-refractivity contribution in [2.24, 2.45) is 5.10 Å². The molecule has 0 spiro atoms. The maximum Gasteiger partial charge on any atom is 0.435 e. The predicted molar refractivity (Wildman–Crippen MR) is 118 cm³/mol. The maximum atomic E-state index is 13.7. The van der Waals surface area contributed by atoms with Crippen LogP contribution in [0, 0.1) is 0 Å². The molecule has 0 saturated heterocycles. The SMILES string of the molecule is CCOC(=O)c1ccc(N2N=C(C(F)(F)F)C(=Cc3cc(Br)c(O)c(OCC)c3)C2=O)cc1. The number of hydrogen-bond donors (Lipinski definition) is 1. The lowest BCUT2D eigenvalue weighted by Crippen LogP contribution is -2.25. The fourth-order valence-corrected chi connectivity index (χ4v) is 3.45. The van der Waals surface area contributed by atoms with Crippen molar-refractivity contribution in [3.63, 3.8) is 0 Å². The predicted octanol–water partition coefficient (Wildman–Crippen LogP) is 5.08. The van der Waals surface area contributed by atoms with E-state index < -0.39 is 29.3 Å². The van der Waals surface area contributed by atoms with Gasteiger partial charge < -0.3 is 14.6 Å². The van der Waals surface area contributed by atoms with Crippen LogP contribution in [0.3, 0.4) is 0 Å². The Hall–Kier alpha value is -3.34. The number of carbonyl (C=O) groups is 2. The highest BCUT2D eigenvalue weighted by Crippen LogP contribution is 2.38. The van der Waals surface area contributed by atoms with E-state index in [1.807, 2.05) is 0 Å². The molecule has 1 aliphatic heterocycles. The Morgan fingerprint density at radius 1 is 1.18 bits per heavy atom. The Balaban J connectivity index is 2.02. The molecule has 0 bridgehead atoms. The molecule has 1 aliphatic rings. The number of phenols is 1. The number of nitrogens with zero attached hydrogens (tertiary/aromatic N) is 2. The van der Waals surface area contributed by atoms with E-state index in [1.54, 1.807) is 13.8 Å². The van der Waals surface area contributed by atoms with Crippen LogP contribution < -0.4 is 9.75 Å². The molecule has 0 fully saturated rings. The van der Waals surface area contributed by atoms with Crippen LogP contribution in [-0.4, -0.2) is 42.1 Å². The minimum absolute atomic E-state index is 0.0418. The fraction of sp³-hybridized carbons (Fsp3) is 0.227. The van der Waals surface area contributed by atoms with E-state index in [1.165, 1.54) is 36.4 Å². The minimum Gasteiger partial charge on any atom is -0.503 e. The molecule has 1 heterocycles. The van der Waals surface area contributed by atoms with Gasteiger partial charge in [-0.3, -0.25) is 4.79 Å². The molecule has 3 rings (SSSR count). The monoisotopic (exact) mass is 526 g/mol. The summed E-state index contributed by atoms with van der Waals surface area (Å²) in [5.74, 6) is -1.78. The van der Waals surface area contributed by atoms with Crippen LogP contribution in [0.5, 0.6) is 11.5 Å². The number of carbonyl (C=O) groups excluding carboxylic acids is 2. The molecule has 0 unspecified atom stereocenters. The number of rotatable bonds is 6. The molecule has 1 N–H and O–H groups in total. The smallest absolute Gasteiger partial charge is 0.435 e. The molecule has 2 aromatic carbocycles. The summed E-state index contributed by atoms with van der Waals surface area (Å²) >= 11 is 3.12. The zero-order valence-electron chi connectivity index (χ0n) is 17.4. The summed E-state index contributed by atoms with van der Waals surface area (Å²) in [5.41, 5.74) is -1.65. The van der Waals surface area contributed by atoms with Gasteiger partial charge in [0.25, 0.3) is 5.91 Å². The van der Waals surface area contributed by atoms with Crippen LogP contribution in [0.1, 0.15) is 29.8 Å². The van der Waals surface area contributed by atoms with Crippen LogP contribution in [-0.2, 0) is 9.53 Å². The van der Waals surface area contributed by atoms with Gasteiger partial charge in [0.2, 0.25) is 0 Å². The Morgan fingerprint density at radius 2 is 1.85 bits per heavy atom. The quantitative estimate of drug-likeness (QED) is 0.419. The van der Waals surface area contributed by atoms with Crippen molar-refractivity contribution in [3.8, 4) is 11.5 Å². The number of phenolic OH excluding ortho intramolecular Hbond substituents is 1. The molecule has 0 radical (unpaired) electrons. The lowest BCUT2D eigenvalue weighted by Gasteiger charge is -2.12. The summed E-state index contributed by atoms with van der Waals surface area (Å²) in [6.45, 7) is 3.69. The largest absolute Gasteiger partial charge is 0.503 e. The van der Waals surface area contributed by atoms with Gasteiger partial charge in [-0.2, -0.15) is 23.3 Å². The Labute approximate surface area is 195 Å². The highest BCUT2D eigenvalue weighted by Gasteiger charge is 2.46. The molecule has 0 atom stereocenters. The third-order valence-electron chi connectivity index (χ3n) is 4.43. The van der Waals surface area contributed by atoms with Crippen molar-refractivity contribution in [2.75, 3.05) is 18.2 Å². The number of amides is 1. The normalized spacial score (nSPS) is 15.1. The summed E-state index contributed by atoms with van der Waals surface area (Å²) in [4.78, 5) is 24.7. The van der Waals surface area contributed by atoms with E-state index >= 15 is 0 Å². The number of ether oxygens (including phenoxy) is 2. The number of hydrazone groups is 1. The topological polar surface area (TPSA) is 88.4 Å². The van der Waals surface area contributed by atoms with Gasteiger partial charge in [0, 0.05) is 0 Å². The lowest BCUT2D eigenvalue weighted by atomic mass is 10.1. The molecule has 11 heteroatoms. The van der Waals surface area contributed by atoms with Crippen molar-refractivity contribution < 1.29 is 37.3 Å². The molecule has 174 valence electrons. The van der Waals surface area contributed by atoms with E-state index in [0.717, 1.165) is 6.08 Å². The maximum absolute atomic E-state index is 13.7. The van der Waals surface area contributed by atoms with Gasteiger partial charge in [-0.1, -0.05) is 0 Å². The van der Waals surface area contributed by atoms with Gasteiger partial charge in [-0.05, 0) is 77.8 Å². The molecule has 33 heavy (non-hydrogen) atoms. The summed E-state index contributed by atoms with van der Waals surface area (Å²) in [6, 6.07) is 7.93. The van der Waals surface area contributed by atoms with E-state index in [0.29, 0.717) is 5.01 Å². The summed E-state index contributed by atoms with van der Waals surface area (Å²) < 4.78 is 51.4. The number of halogens is 4. The van der Waals surface area contributed by atoms with Crippen LogP contribution in [0.2, 0.25) is 0 Å². The van der Waals surface area contributed by atoms with Crippen molar-refractivity contribution in [1.29, 1.82) is 0 Å². The Bertz CT molecular complexity index is 1140. The third kappa shape index (κ3) is 5.19. The molecule has 0 aromatic heterocycles. The second-order valence-corrected chi connectivity index (χ2v) is 7.53. The van der Waals surface area contributed by atoms with E-state index in [2.05, 4.69) is 21.0 Å². The van der Waals surface area contributed by atoms with Crippen molar-refractivity contribution >= 4 is 45.3 Å². The number of anilines is 1. The van der Waals surface area contributed by atoms with Crippen LogP contribution >= 0.6 is 15.9 Å². The van der Waals surface area contributed by atoms with Gasteiger partial charge in [0.15, 0.2) is 17.2 Å². The average Bonchev–Trinajstić information content (AvgIpc) is 3.08. The molecule has 0 aliphatic carbocycles. The zero-order chi connectivity index (χ0) is 24.3. The molecular weight excluding hydrogens is 509 g/mol. The first kappa shape index (κ1) is 24.3. The number of hydrogen-bond acceptors (Lipinski definition) is 6. The molecule has 2 aromatic rings. The highest BCUT2D eigenvalue weighted by atomic mass is 79.9. The first-order valence-corrected chi connectivity index (χ1v) is 10.5. The van der Waals surface area contributed by atoms with Gasteiger partial charge in [0.05, 0.1) is 34.5 Å². The number of esters is 1. The average molecular weight is 527 g/mol. The molecule has 7 nitrogen and oxygen atoms in total. The second kappa shape index (κ2) is 9.65.